The van der Waals surface area contributed by atoms with Crippen molar-refractivity contribution in [2.24, 2.45) is 5.41 Å². The first-order chi connectivity index (χ1) is 8.29. The molecule has 1 N–H and O–H groups in total. The molecule has 1 saturated heterocycles. The molecule has 1 aliphatic rings. The standard InChI is InChI=1S/C12H27N3O2S/c1-12(2)6-10-15(11-7-12)18(16,17)14(4)9-5-8-13-3/h13H,5-11H2,1-4H3. The van der Waals surface area contributed by atoms with Gasteiger partial charge >= 0.3 is 0 Å². The number of hydrogen-bond acceptors (Lipinski definition) is 3. The summed E-state index contributed by atoms with van der Waals surface area (Å²) in [6.07, 6.45) is 2.72. The minimum Gasteiger partial charge on any atom is -0.320 e. The molecule has 5 nitrogen and oxygen atoms in total. The lowest BCUT2D eigenvalue weighted by Gasteiger charge is -2.37. The molecule has 1 rings (SSSR count). The fourth-order valence-corrected chi connectivity index (χ4v) is 3.51. The van der Waals surface area contributed by atoms with E-state index in [2.05, 4.69) is 19.2 Å². The van der Waals surface area contributed by atoms with Crippen molar-refractivity contribution in [3.05, 3.63) is 0 Å². The van der Waals surface area contributed by atoms with Gasteiger partial charge in [-0.2, -0.15) is 17.0 Å². The molecule has 108 valence electrons. The lowest BCUT2D eigenvalue weighted by molar-refractivity contribution is 0.189. The van der Waals surface area contributed by atoms with Gasteiger partial charge in [-0.3, -0.25) is 0 Å². The van der Waals surface area contributed by atoms with Crippen LogP contribution in [0.15, 0.2) is 0 Å². The van der Waals surface area contributed by atoms with E-state index in [-0.39, 0.29) is 5.41 Å². The Hall–Kier alpha value is -0.170. The van der Waals surface area contributed by atoms with Crippen LogP contribution in [-0.2, 0) is 10.2 Å². The van der Waals surface area contributed by atoms with E-state index in [0.717, 1.165) is 25.8 Å². The van der Waals surface area contributed by atoms with Crippen LogP contribution < -0.4 is 5.32 Å². The molecule has 0 saturated carbocycles. The van der Waals surface area contributed by atoms with Crippen LogP contribution in [0.2, 0.25) is 0 Å². The van der Waals surface area contributed by atoms with E-state index in [1.165, 1.54) is 4.31 Å². The van der Waals surface area contributed by atoms with Crippen molar-refractivity contribution in [2.45, 2.75) is 33.1 Å². The summed E-state index contributed by atoms with van der Waals surface area (Å²) in [5, 5.41) is 3.03. The van der Waals surface area contributed by atoms with Crippen molar-refractivity contribution in [3.63, 3.8) is 0 Å². The monoisotopic (exact) mass is 277 g/mol. The summed E-state index contributed by atoms with van der Waals surface area (Å²) in [6, 6.07) is 0. The molecule has 0 radical (unpaired) electrons. The quantitative estimate of drug-likeness (QED) is 0.734. The molecule has 0 aromatic heterocycles. The number of hydrogen-bond donors (Lipinski definition) is 1. The second-order valence-electron chi connectivity index (χ2n) is 5.85. The lowest BCUT2D eigenvalue weighted by atomic mass is 9.83. The molecule has 6 heteroatoms. The van der Waals surface area contributed by atoms with Gasteiger partial charge in [0.05, 0.1) is 0 Å². The van der Waals surface area contributed by atoms with Crippen LogP contribution in [0.4, 0.5) is 0 Å². The number of nitrogens with one attached hydrogen (secondary N) is 1. The molecule has 0 aromatic rings. The average molecular weight is 277 g/mol. The fraction of sp³-hybridized carbons (Fsp3) is 1.00. The third-order valence-electron chi connectivity index (χ3n) is 3.70. The van der Waals surface area contributed by atoms with Gasteiger partial charge in [-0.25, -0.2) is 0 Å². The van der Waals surface area contributed by atoms with Crippen LogP contribution in [0.25, 0.3) is 0 Å². The van der Waals surface area contributed by atoms with Crippen LogP contribution in [0.3, 0.4) is 0 Å². The lowest BCUT2D eigenvalue weighted by Crippen LogP contribution is -2.47. The molecular weight excluding hydrogens is 250 g/mol. The fourth-order valence-electron chi connectivity index (χ4n) is 2.11. The Kier molecular flexibility index (Phi) is 5.58. The predicted octanol–water partition coefficient (Wildman–Crippen LogP) is 0.895. The molecule has 0 bridgehead atoms. The van der Waals surface area contributed by atoms with Crippen LogP contribution in [0, 0.1) is 5.41 Å². The third kappa shape index (κ3) is 4.19. The average Bonchev–Trinajstić information content (AvgIpc) is 2.28. The maximum absolute atomic E-state index is 12.3. The zero-order valence-corrected chi connectivity index (χ0v) is 12.9. The summed E-state index contributed by atoms with van der Waals surface area (Å²) in [5.74, 6) is 0. The van der Waals surface area contributed by atoms with Crippen molar-refractivity contribution >= 4 is 10.2 Å². The van der Waals surface area contributed by atoms with Gasteiger partial charge in [0.1, 0.15) is 0 Å². The maximum Gasteiger partial charge on any atom is 0.281 e. The molecule has 1 heterocycles. The molecule has 18 heavy (non-hydrogen) atoms. The first kappa shape index (κ1) is 15.9. The molecule has 1 fully saturated rings. The summed E-state index contributed by atoms with van der Waals surface area (Å²) in [4.78, 5) is 0. The van der Waals surface area contributed by atoms with E-state index in [0.29, 0.717) is 19.6 Å². The Morgan fingerprint density at radius 3 is 2.33 bits per heavy atom. The summed E-state index contributed by atoms with van der Waals surface area (Å²) in [6.45, 7) is 7.11. The topological polar surface area (TPSA) is 52.7 Å². The van der Waals surface area contributed by atoms with Crippen molar-refractivity contribution in [1.29, 1.82) is 0 Å². The molecule has 0 aromatic carbocycles. The highest BCUT2D eigenvalue weighted by Gasteiger charge is 2.33. The zero-order valence-electron chi connectivity index (χ0n) is 12.1. The smallest absolute Gasteiger partial charge is 0.281 e. The van der Waals surface area contributed by atoms with Crippen LogP contribution >= 0.6 is 0 Å². The van der Waals surface area contributed by atoms with Crippen LogP contribution in [0.5, 0.6) is 0 Å². The van der Waals surface area contributed by atoms with Crippen LogP contribution in [-0.4, -0.2) is 57.3 Å². The normalized spacial score (nSPS) is 21.4. The van der Waals surface area contributed by atoms with Gasteiger partial charge in [0.2, 0.25) is 0 Å². The van der Waals surface area contributed by atoms with Gasteiger partial charge in [-0.1, -0.05) is 13.8 Å². The molecular formula is C12H27N3O2S. The highest BCUT2D eigenvalue weighted by Crippen LogP contribution is 2.31. The number of rotatable bonds is 6. The van der Waals surface area contributed by atoms with E-state index in [9.17, 15) is 8.42 Å². The first-order valence-corrected chi connectivity index (χ1v) is 8.05. The molecule has 1 aliphatic heterocycles. The van der Waals surface area contributed by atoms with Crippen molar-refractivity contribution in [2.75, 3.05) is 40.3 Å². The van der Waals surface area contributed by atoms with Gasteiger partial charge in [0, 0.05) is 26.7 Å². The highest BCUT2D eigenvalue weighted by molar-refractivity contribution is 7.86. The summed E-state index contributed by atoms with van der Waals surface area (Å²) in [7, 11) is 0.294. The Morgan fingerprint density at radius 1 is 1.28 bits per heavy atom. The molecule has 0 unspecified atom stereocenters. The van der Waals surface area contributed by atoms with Crippen molar-refractivity contribution in [1.82, 2.24) is 13.9 Å². The highest BCUT2D eigenvalue weighted by atomic mass is 32.2. The maximum atomic E-state index is 12.3. The molecule has 0 spiro atoms. The number of piperidine rings is 1. The number of nitrogens with zero attached hydrogens (tertiary/aromatic N) is 2. The van der Waals surface area contributed by atoms with E-state index < -0.39 is 10.2 Å². The van der Waals surface area contributed by atoms with Gasteiger partial charge < -0.3 is 5.32 Å². The van der Waals surface area contributed by atoms with E-state index in [4.69, 9.17) is 0 Å². The minimum atomic E-state index is -3.25. The zero-order chi connectivity index (χ0) is 13.8. The van der Waals surface area contributed by atoms with Gasteiger partial charge in [0.15, 0.2) is 0 Å². The van der Waals surface area contributed by atoms with Crippen molar-refractivity contribution in [3.8, 4) is 0 Å². The third-order valence-corrected chi connectivity index (χ3v) is 5.68. The largest absolute Gasteiger partial charge is 0.320 e. The summed E-state index contributed by atoms with van der Waals surface area (Å²) >= 11 is 0. The SMILES string of the molecule is CNCCCN(C)S(=O)(=O)N1CCC(C)(C)CC1. The van der Waals surface area contributed by atoms with E-state index >= 15 is 0 Å². The van der Waals surface area contributed by atoms with E-state index in [1.54, 1.807) is 11.4 Å². The molecule has 0 amide bonds. The Bertz CT molecular complexity index is 344. The first-order valence-electron chi connectivity index (χ1n) is 6.66. The van der Waals surface area contributed by atoms with Gasteiger partial charge in [-0.05, 0) is 38.3 Å². The second-order valence-corrected chi connectivity index (χ2v) is 7.89. The van der Waals surface area contributed by atoms with Crippen LogP contribution in [0.1, 0.15) is 33.1 Å². The Balaban J connectivity index is 2.53. The second kappa shape index (κ2) is 6.32. The van der Waals surface area contributed by atoms with Gasteiger partial charge in [-0.15, -0.1) is 0 Å². The van der Waals surface area contributed by atoms with E-state index in [1.807, 2.05) is 7.05 Å². The minimum absolute atomic E-state index is 0.275. The van der Waals surface area contributed by atoms with Crippen molar-refractivity contribution < 1.29 is 8.42 Å². The summed E-state index contributed by atoms with van der Waals surface area (Å²) < 4.78 is 27.7. The van der Waals surface area contributed by atoms with Gasteiger partial charge in [0.25, 0.3) is 10.2 Å². The Morgan fingerprint density at radius 2 is 1.83 bits per heavy atom. The molecule has 0 aliphatic carbocycles. The Labute approximate surface area is 112 Å². The predicted molar refractivity (Wildman–Crippen MR) is 74.7 cm³/mol. The summed E-state index contributed by atoms with van der Waals surface area (Å²) in [5.41, 5.74) is 0.275. The molecule has 0 atom stereocenters.